The van der Waals surface area contributed by atoms with Crippen LogP contribution in [-0.4, -0.2) is 47.7 Å². The first-order valence-electron chi connectivity index (χ1n) is 6.26. The summed E-state index contributed by atoms with van der Waals surface area (Å²) in [5.41, 5.74) is 5.61. The van der Waals surface area contributed by atoms with Gasteiger partial charge in [0, 0.05) is 18.7 Å². The second kappa shape index (κ2) is 7.00. The van der Waals surface area contributed by atoms with Gasteiger partial charge in [-0.2, -0.15) is 9.97 Å². The van der Waals surface area contributed by atoms with Crippen LogP contribution in [0.25, 0.3) is 0 Å². The molecule has 0 saturated carbocycles. The van der Waals surface area contributed by atoms with Crippen molar-refractivity contribution in [3.8, 4) is 5.88 Å². The molecule has 0 aliphatic carbocycles. The second-order valence-corrected chi connectivity index (χ2v) is 4.18. The van der Waals surface area contributed by atoms with Gasteiger partial charge < -0.3 is 20.7 Å². The van der Waals surface area contributed by atoms with Gasteiger partial charge in [0.15, 0.2) is 0 Å². The van der Waals surface area contributed by atoms with Gasteiger partial charge in [-0.3, -0.25) is 0 Å². The van der Waals surface area contributed by atoms with Crippen LogP contribution in [0, 0.1) is 0 Å². The van der Waals surface area contributed by atoms with E-state index >= 15 is 0 Å². The first-order valence-corrected chi connectivity index (χ1v) is 6.26. The van der Waals surface area contributed by atoms with Gasteiger partial charge in [0.1, 0.15) is 5.82 Å². The van der Waals surface area contributed by atoms with Crippen LogP contribution >= 0.6 is 0 Å². The molecule has 3 N–H and O–H groups in total. The molecule has 0 aliphatic rings. The van der Waals surface area contributed by atoms with E-state index in [9.17, 15) is 0 Å². The fourth-order valence-electron chi connectivity index (χ4n) is 1.79. The first-order chi connectivity index (χ1) is 8.58. The molecule has 1 unspecified atom stereocenters. The molecule has 6 heteroatoms. The summed E-state index contributed by atoms with van der Waals surface area (Å²) < 4.78 is 5.06. The molecule has 0 aromatic carbocycles. The van der Waals surface area contributed by atoms with E-state index in [1.54, 1.807) is 13.2 Å². The molecule has 0 radical (unpaired) electrons. The number of ether oxygens (including phenoxy) is 1. The smallest absolute Gasteiger partial charge is 0.225 e. The minimum Gasteiger partial charge on any atom is -0.481 e. The molecule has 0 fully saturated rings. The van der Waals surface area contributed by atoms with E-state index in [2.05, 4.69) is 41.0 Å². The Balaban J connectivity index is 2.63. The summed E-state index contributed by atoms with van der Waals surface area (Å²) in [7, 11) is 1.56. The molecule has 1 rings (SSSR count). The number of methoxy groups -OCH3 is 1. The third-order valence-corrected chi connectivity index (χ3v) is 2.75. The molecule has 1 heterocycles. The maximum absolute atomic E-state index is 5.61. The van der Waals surface area contributed by atoms with Crippen LogP contribution in [0.5, 0.6) is 5.88 Å². The van der Waals surface area contributed by atoms with Crippen molar-refractivity contribution < 1.29 is 4.74 Å². The molecule has 102 valence electrons. The third-order valence-electron chi connectivity index (χ3n) is 2.75. The molecule has 0 aliphatic heterocycles. The maximum atomic E-state index is 5.61. The largest absolute Gasteiger partial charge is 0.481 e. The Morgan fingerprint density at radius 1 is 1.39 bits per heavy atom. The summed E-state index contributed by atoms with van der Waals surface area (Å²) >= 11 is 0. The number of hydrogen-bond acceptors (Lipinski definition) is 6. The maximum Gasteiger partial charge on any atom is 0.225 e. The van der Waals surface area contributed by atoms with E-state index in [-0.39, 0.29) is 12.0 Å². The minimum absolute atomic E-state index is 0.215. The molecular formula is C12H23N5O. The zero-order chi connectivity index (χ0) is 13.5. The van der Waals surface area contributed by atoms with E-state index in [0.717, 1.165) is 19.6 Å². The van der Waals surface area contributed by atoms with Gasteiger partial charge in [0.25, 0.3) is 0 Å². The number of hydrogen-bond donors (Lipinski definition) is 2. The van der Waals surface area contributed by atoms with Gasteiger partial charge >= 0.3 is 0 Å². The highest BCUT2D eigenvalue weighted by molar-refractivity contribution is 5.43. The van der Waals surface area contributed by atoms with Crippen molar-refractivity contribution in [3.63, 3.8) is 0 Å². The normalized spacial score (nSPS) is 12.5. The molecule has 0 spiro atoms. The van der Waals surface area contributed by atoms with Crippen LogP contribution in [0.4, 0.5) is 11.8 Å². The van der Waals surface area contributed by atoms with Crippen molar-refractivity contribution in [1.29, 1.82) is 0 Å². The van der Waals surface area contributed by atoms with Gasteiger partial charge in [0.05, 0.1) is 7.11 Å². The fourth-order valence-corrected chi connectivity index (χ4v) is 1.79. The zero-order valence-electron chi connectivity index (χ0n) is 11.6. The van der Waals surface area contributed by atoms with Crippen molar-refractivity contribution in [2.24, 2.45) is 0 Å². The summed E-state index contributed by atoms with van der Waals surface area (Å²) in [5.74, 6) is 1.38. The summed E-state index contributed by atoms with van der Waals surface area (Å²) in [5, 5.41) is 3.30. The SMILES string of the molecule is CCN(CC)CC(C)Nc1cc(OC)nc(N)n1. The lowest BCUT2D eigenvalue weighted by Gasteiger charge is -2.23. The van der Waals surface area contributed by atoms with Crippen LogP contribution in [0.3, 0.4) is 0 Å². The third kappa shape index (κ3) is 4.37. The van der Waals surface area contributed by atoms with Gasteiger partial charge in [0.2, 0.25) is 11.8 Å². The van der Waals surface area contributed by atoms with E-state index in [1.165, 1.54) is 0 Å². The van der Waals surface area contributed by atoms with E-state index in [4.69, 9.17) is 10.5 Å². The van der Waals surface area contributed by atoms with E-state index in [1.807, 2.05) is 0 Å². The zero-order valence-corrected chi connectivity index (χ0v) is 11.6. The van der Waals surface area contributed by atoms with Crippen molar-refractivity contribution in [2.75, 3.05) is 37.8 Å². The van der Waals surface area contributed by atoms with Crippen LogP contribution in [0.15, 0.2) is 6.07 Å². The number of rotatable bonds is 7. The number of nitrogens with zero attached hydrogens (tertiary/aromatic N) is 3. The topological polar surface area (TPSA) is 76.3 Å². The average molecular weight is 253 g/mol. The quantitative estimate of drug-likeness (QED) is 0.760. The highest BCUT2D eigenvalue weighted by Gasteiger charge is 2.09. The molecule has 18 heavy (non-hydrogen) atoms. The number of anilines is 2. The Bertz CT molecular complexity index is 367. The molecule has 0 bridgehead atoms. The van der Waals surface area contributed by atoms with E-state index in [0.29, 0.717) is 11.7 Å². The molecule has 0 saturated heterocycles. The van der Waals surface area contributed by atoms with Gasteiger partial charge in [-0.25, -0.2) is 0 Å². The standard InChI is InChI=1S/C12H23N5O/c1-5-17(6-2)8-9(3)14-10-7-11(18-4)16-12(13)15-10/h7,9H,5-6,8H2,1-4H3,(H3,13,14,15,16). The van der Waals surface area contributed by atoms with Gasteiger partial charge in [-0.15, -0.1) is 0 Å². The number of nitrogen functional groups attached to an aromatic ring is 1. The lowest BCUT2D eigenvalue weighted by molar-refractivity contribution is 0.294. The molecule has 1 aromatic heterocycles. The summed E-state index contributed by atoms with van der Waals surface area (Å²) in [6.07, 6.45) is 0. The Labute approximate surface area is 109 Å². The number of nitrogens with one attached hydrogen (secondary N) is 1. The Hall–Kier alpha value is -1.56. The van der Waals surface area contributed by atoms with Crippen LogP contribution in [-0.2, 0) is 0 Å². The summed E-state index contributed by atoms with van der Waals surface area (Å²) in [4.78, 5) is 10.4. The number of likely N-dealkylation sites (N-methyl/N-ethyl adjacent to an activating group) is 1. The highest BCUT2D eigenvalue weighted by Crippen LogP contribution is 2.14. The highest BCUT2D eigenvalue weighted by atomic mass is 16.5. The molecule has 1 atom stereocenters. The predicted octanol–water partition coefficient (Wildman–Crippen LogP) is 1.21. The predicted molar refractivity (Wildman–Crippen MR) is 73.9 cm³/mol. The van der Waals surface area contributed by atoms with Crippen molar-refractivity contribution in [3.05, 3.63) is 6.07 Å². The summed E-state index contributed by atoms with van der Waals surface area (Å²) in [6.45, 7) is 9.46. The van der Waals surface area contributed by atoms with Crippen LogP contribution in [0.1, 0.15) is 20.8 Å². The first kappa shape index (κ1) is 14.5. The average Bonchev–Trinajstić information content (AvgIpc) is 2.35. The molecular weight excluding hydrogens is 230 g/mol. The lowest BCUT2D eigenvalue weighted by Crippen LogP contribution is -2.35. The Morgan fingerprint density at radius 3 is 2.61 bits per heavy atom. The Kier molecular flexibility index (Phi) is 5.64. The second-order valence-electron chi connectivity index (χ2n) is 4.18. The van der Waals surface area contributed by atoms with E-state index < -0.39 is 0 Å². The molecule has 0 amide bonds. The summed E-state index contributed by atoms with van der Waals surface area (Å²) in [6, 6.07) is 2.03. The Morgan fingerprint density at radius 2 is 2.06 bits per heavy atom. The van der Waals surface area contributed by atoms with Gasteiger partial charge in [-0.05, 0) is 20.0 Å². The van der Waals surface area contributed by atoms with Crippen molar-refractivity contribution >= 4 is 11.8 Å². The van der Waals surface area contributed by atoms with Crippen molar-refractivity contribution in [1.82, 2.24) is 14.9 Å². The molecule has 1 aromatic rings. The molecule has 6 nitrogen and oxygen atoms in total. The fraction of sp³-hybridized carbons (Fsp3) is 0.667. The number of aromatic nitrogens is 2. The monoisotopic (exact) mass is 253 g/mol. The van der Waals surface area contributed by atoms with Crippen LogP contribution < -0.4 is 15.8 Å². The lowest BCUT2D eigenvalue weighted by atomic mass is 10.3. The van der Waals surface area contributed by atoms with Gasteiger partial charge in [-0.1, -0.05) is 13.8 Å². The van der Waals surface area contributed by atoms with Crippen molar-refractivity contribution in [2.45, 2.75) is 26.8 Å². The number of nitrogens with two attached hydrogens (primary N) is 1. The van der Waals surface area contributed by atoms with Crippen LogP contribution in [0.2, 0.25) is 0 Å². The minimum atomic E-state index is 0.215.